The Morgan fingerprint density at radius 3 is 2.24 bits per heavy atom. The van der Waals surface area contributed by atoms with Crippen molar-refractivity contribution in [1.82, 2.24) is 0 Å². The number of rotatable bonds is 5. The molecule has 0 bridgehead atoms. The summed E-state index contributed by atoms with van der Waals surface area (Å²) in [6.45, 7) is 0. The molecule has 0 saturated carbocycles. The molecule has 0 saturated heterocycles. The Hall–Kier alpha value is -2.41. The predicted molar refractivity (Wildman–Crippen MR) is 87.4 cm³/mol. The van der Waals surface area contributed by atoms with Crippen molar-refractivity contribution in [3.05, 3.63) is 83.9 Å². The summed E-state index contributed by atoms with van der Waals surface area (Å²) < 4.78 is 0. The fourth-order valence-corrected chi connectivity index (χ4v) is 2.59. The molecule has 0 amide bonds. The fourth-order valence-electron chi connectivity index (χ4n) is 2.59. The number of fused-ring (bicyclic) bond motifs is 1. The second-order valence-corrected chi connectivity index (χ2v) is 5.38. The zero-order valence-corrected chi connectivity index (χ0v) is 12.0. The number of carbonyl (C=O) groups excluding carboxylic acids is 1. The number of Topliss-reactive ketones (excluding diaryl/α,β-unsaturated/α-hetero) is 1. The van der Waals surface area contributed by atoms with Gasteiger partial charge in [-0.05, 0) is 28.3 Å². The quantitative estimate of drug-likeness (QED) is 0.665. The summed E-state index contributed by atoms with van der Waals surface area (Å²) >= 11 is 0. The van der Waals surface area contributed by atoms with Gasteiger partial charge < -0.3 is 0 Å². The second kappa shape index (κ2) is 6.36. The zero-order valence-electron chi connectivity index (χ0n) is 12.0. The lowest BCUT2D eigenvalue weighted by Crippen LogP contribution is -2.04. The molecule has 0 unspecified atom stereocenters. The van der Waals surface area contributed by atoms with Gasteiger partial charge in [0, 0.05) is 12.8 Å². The maximum Gasteiger partial charge on any atom is 0.137 e. The van der Waals surface area contributed by atoms with Crippen molar-refractivity contribution in [1.29, 1.82) is 0 Å². The average Bonchev–Trinajstić information content (AvgIpc) is 2.54. The largest absolute Gasteiger partial charge is 0.299 e. The first kappa shape index (κ1) is 13.6. The molecule has 0 aliphatic rings. The van der Waals surface area contributed by atoms with E-state index < -0.39 is 0 Å². The van der Waals surface area contributed by atoms with Gasteiger partial charge in [-0.15, -0.1) is 0 Å². The molecule has 1 nitrogen and oxygen atoms in total. The first-order valence-corrected chi connectivity index (χ1v) is 7.34. The van der Waals surface area contributed by atoms with Gasteiger partial charge in [-0.1, -0.05) is 72.8 Å². The van der Waals surface area contributed by atoms with Crippen molar-refractivity contribution >= 4 is 16.6 Å². The Morgan fingerprint density at radius 1 is 0.714 bits per heavy atom. The molecule has 0 aliphatic heterocycles. The van der Waals surface area contributed by atoms with Crippen LogP contribution in [0.25, 0.3) is 10.8 Å². The molecule has 3 rings (SSSR count). The highest BCUT2D eigenvalue weighted by molar-refractivity contribution is 5.86. The zero-order chi connectivity index (χ0) is 14.5. The third kappa shape index (κ3) is 3.57. The molecule has 0 aromatic heterocycles. The van der Waals surface area contributed by atoms with Gasteiger partial charge in [-0.3, -0.25) is 4.79 Å². The number of hydrogen-bond acceptors (Lipinski definition) is 1. The highest BCUT2D eigenvalue weighted by Gasteiger charge is 2.05. The molecule has 0 radical (unpaired) electrons. The number of aryl methyl sites for hydroxylation is 1. The third-order valence-corrected chi connectivity index (χ3v) is 3.75. The molecule has 3 aromatic rings. The molecule has 0 heterocycles. The van der Waals surface area contributed by atoms with E-state index in [-0.39, 0.29) is 0 Å². The van der Waals surface area contributed by atoms with Gasteiger partial charge in [0.1, 0.15) is 5.78 Å². The van der Waals surface area contributed by atoms with E-state index in [0.29, 0.717) is 18.6 Å². The monoisotopic (exact) mass is 274 g/mol. The van der Waals surface area contributed by atoms with Gasteiger partial charge in [0.25, 0.3) is 0 Å². The first-order valence-electron chi connectivity index (χ1n) is 7.34. The van der Waals surface area contributed by atoms with Gasteiger partial charge in [0.2, 0.25) is 0 Å². The summed E-state index contributed by atoms with van der Waals surface area (Å²) in [7, 11) is 0. The van der Waals surface area contributed by atoms with Crippen LogP contribution < -0.4 is 0 Å². The van der Waals surface area contributed by atoms with Gasteiger partial charge in [0.15, 0.2) is 0 Å². The van der Waals surface area contributed by atoms with Crippen LogP contribution in [0.4, 0.5) is 0 Å². The van der Waals surface area contributed by atoms with Crippen LogP contribution >= 0.6 is 0 Å². The highest BCUT2D eigenvalue weighted by atomic mass is 16.1. The number of ketones is 1. The summed E-state index contributed by atoms with van der Waals surface area (Å²) in [5, 5.41) is 2.42. The minimum absolute atomic E-state index is 0.300. The minimum Gasteiger partial charge on any atom is -0.299 e. The SMILES string of the molecule is O=C(CCc1ccccc1)Cc1ccc2ccccc2c1. The van der Waals surface area contributed by atoms with E-state index in [1.54, 1.807) is 0 Å². The van der Waals surface area contributed by atoms with Gasteiger partial charge in [-0.25, -0.2) is 0 Å². The molecule has 104 valence electrons. The van der Waals surface area contributed by atoms with Crippen LogP contribution in [-0.2, 0) is 17.6 Å². The topological polar surface area (TPSA) is 17.1 Å². The number of benzene rings is 3. The Balaban J connectivity index is 1.63. The summed E-state index contributed by atoms with van der Waals surface area (Å²) in [5.41, 5.74) is 2.33. The van der Waals surface area contributed by atoms with E-state index in [4.69, 9.17) is 0 Å². The molecule has 3 aromatic carbocycles. The molecular weight excluding hydrogens is 256 g/mol. The lowest BCUT2D eigenvalue weighted by Gasteiger charge is -2.04. The van der Waals surface area contributed by atoms with Gasteiger partial charge in [0.05, 0.1) is 0 Å². The van der Waals surface area contributed by atoms with Crippen LogP contribution in [-0.4, -0.2) is 5.78 Å². The minimum atomic E-state index is 0.300. The summed E-state index contributed by atoms with van der Waals surface area (Å²) in [5.74, 6) is 0.300. The standard InChI is InChI=1S/C20H18O/c21-20(13-11-16-6-2-1-3-7-16)15-17-10-12-18-8-4-5-9-19(18)14-17/h1-10,12,14H,11,13,15H2. The van der Waals surface area contributed by atoms with E-state index in [9.17, 15) is 4.79 Å². The highest BCUT2D eigenvalue weighted by Crippen LogP contribution is 2.16. The Kier molecular flexibility index (Phi) is 4.11. The van der Waals surface area contributed by atoms with Crippen LogP contribution in [0, 0.1) is 0 Å². The normalized spacial score (nSPS) is 10.7. The summed E-state index contributed by atoms with van der Waals surface area (Å²) in [6, 6.07) is 24.7. The van der Waals surface area contributed by atoms with Crippen LogP contribution in [0.3, 0.4) is 0 Å². The molecular formula is C20H18O. The Bertz CT molecular complexity index is 744. The predicted octanol–water partition coefficient (Wildman–Crippen LogP) is 4.58. The molecule has 0 atom stereocenters. The molecule has 0 fully saturated rings. The van der Waals surface area contributed by atoms with Crippen LogP contribution in [0.2, 0.25) is 0 Å². The van der Waals surface area contributed by atoms with Gasteiger partial charge in [-0.2, -0.15) is 0 Å². The summed E-state index contributed by atoms with van der Waals surface area (Å²) in [6.07, 6.45) is 1.96. The average molecular weight is 274 g/mol. The summed E-state index contributed by atoms with van der Waals surface area (Å²) in [4.78, 5) is 12.1. The Morgan fingerprint density at radius 2 is 1.43 bits per heavy atom. The number of carbonyl (C=O) groups is 1. The molecule has 1 heteroatoms. The van der Waals surface area contributed by atoms with E-state index in [1.165, 1.54) is 16.3 Å². The Labute approximate surface area is 125 Å². The molecule has 21 heavy (non-hydrogen) atoms. The maximum absolute atomic E-state index is 12.1. The smallest absolute Gasteiger partial charge is 0.137 e. The molecule has 0 aliphatic carbocycles. The van der Waals surface area contributed by atoms with Crippen molar-refractivity contribution < 1.29 is 4.79 Å². The third-order valence-electron chi connectivity index (χ3n) is 3.75. The van der Waals surface area contributed by atoms with Crippen LogP contribution in [0.5, 0.6) is 0 Å². The van der Waals surface area contributed by atoms with E-state index >= 15 is 0 Å². The number of hydrogen-bond donors (Lipinski definition) is 0. The van der Waals surface area contributed by atoms with E-state index in [1.807, 2.05) is 30.3 Å². The van der Waals surface area contributed by atoms with Crippen molar-refractivity contribution in [3.63, 3.8) is 0 Å². The molecule has 0 spiro atoms. The fraction of sp³-hybridized carbons (Fsp3) is 0.150. The lowest BCUT2D eigenvalue weighted by molar-refractivity contribution is -0.118. The first-order chi connectivity index (χ1) is 10.3. The van der Waals surface area contributed by atoms with Crippen molar-refractivity contribution in [2.24, 2.45) is 0 Å². The van der Waals surface area contributed by atoms with Crippen molar-refractivity contribution in [2.45, 2.75) is 19.3 Å². The second-order valence-electron chi connectivity index (χ2n) is 5.38. The van der Waals surface area contributed by atoms with Crippen molar-refractivity contribution in [3.8, 4) is 0 Å². The van der Waals surface area contributed by atoms with Crippen LogP contribution in [0.1, 0.15) is 17.5 Å². The van der Waals surface area contributed by atoms with E-state index in [2.05, 4.69) is 42.5 Å². The maximum atomic E-state index is 12.1. The molecule has 0 N–H and O–H groups in total. The van der Waals surface area contributed by atoms with Crippen LogP contribution in [0.15, 0.2) is 72.8 Å². The van der Waals surface area contributed by atoms with Crippen molar-refractivity contribution in [2.75, 3.05) is 0 Å². The lowest BCUT2D eigenvalue weighted by atomic mass is 10.0. The van der Waals surface area contributed by atoms with E-state index in [0.717, 1.165) is 12.0 Å². The van der Waals surface area contributed by atoms with Gasteiger partial charge >= 0.3 is 0 Å².